The van der Waals surface area contributed by atoms with E-state index in [9.17, 15) is 0 Å². The maximum absolute atomic E-state index is 5.74. The summed E-state index contributed by atoms with van der Waals surface area (Å²) in [5, 5.41) is 4.26. The van der Waals surface area contributed by atoms with Gasteiger partial charge in [-0.2, -0.15) is 0 Å². The number of nitrogens with one attached hydrogen (secondary N) is 1. The second-order valence-corrected chi connectivity index (χ2v) is 7.50. The summed E-state index contributed by atoms with van der Waals surface area (Å²) in [5.74, 6) is 0. The van der Waals surface area contributed by atoms with E-state index >= 15 is 0 Å². The first-order valence-corrected chi connectivity index (χ1v) is 10.2. The second kappa shape index (κ2) is 8.71. The van der Waals surface area contributed by atoms with Crippen LogP contribution in [0.2, 0.25) is 0 Å². The zero-order valence-electron chi connectivity index (χ0n) is 16.7. The maximum atomic E-state index is 5.74. The first kappa shape index (κ1) is 19.5. The lowest BCUT2D eigenvalue weighted by Gasteiger charge is -2.29. The number of pyridine rings is 2. The Kier molecular flexibility index (Phi) is 5.87. The molecule has 1 N–H and O–H groups in total. The van der Waals surface area contributed by atoms with Gasteiger partial charge in [0.2, 0.25) is 0 Å². The Morgan fingerprint density at radius 1 is 1.14 bits per heavy atom. The molecule has 0 spiro atoms. The van der Waals surface area contributed by atoms with E-state index in [0.717, 1.165) is 40.8 Å². The average Bonchev–Trinajstić information content (AvgIpc) is 3.29. The van der Waals surface area contributed by atoms with Crippen molar-refractivity contribution in [2.75, 3.05) is 20.3 Å². The van der Waals surface area contributed by atoms with Crippen molar-refractivity contribution in [2.45, 2.75) is 25.4 Å². The summed E-state index contributed by atoms with van der Waals surface area (Å²) in [5.41, 5.74) is 4.34. The molecule has 0 unspecified atom stereocenters. The van der Waals surface area contributed by atoms with E-state index < -0.39 is 0 Å². The van der Waals surface area contributed by atoms with Crippen molar-refractivity contribution in [1.82, 2.24) is 24.8 Å². The molecular formula is C22H25N5OS. The first-order valence-electron chi connectivity index (χ1n) is 9.76. The first-order chi connectivity index (χ1) is 14.2. The molecule has 4 heterocycles. The van der Waals surface area contributed by atoms with Crippen LogP contribution in [-0.2, 0) is 4.74 Å². The van der Waals surface area contributed by atoms with Crippen LogP contribution in [-0.4, -0.2) is 44.8 Å². The summed E-state index contributed by atoms with van der Waals surface area (Å²) < 4.78 is 7.53. The van der Waals surface area contributed by atoms with Gasteiger partial charge in [-0.15, -0.1) is 0 Å². The molecule has 0 amide bonds. The molecule has 0 aromatic carbocycles. The minimum absolute atomic E-state index is 0.0168. The van der Waals surface area contributed by atoms with E-state index in [1.807, 2.05) is 30.6 Å². The van der Waals surface area contributed by atoms with E-state index in [4.69, 9.17) is 17.0 Å². The molecule has 1 saturated heterocycles. The van der Waals surface area contributed by atoms with Crippen molar-refractivity contribution in [1.29, 1.82) is 0 Å². The SMILES string of the molecule is COCCCN1C(=S)N[C@H](c2ccccn2)[C@@H]1c1ccc(C)n1-c1cccnc1. The van der Waals surface area contributed by atoms with Crippen LogP contribution in [0, 0.1) is 6.92 Å². The average molecular weight is 408 g/mol. The van der Waals surface area contributed by atoms with Crippen LogP contribution in [0.3, 0.4) is 0 Å². The Hall–Kier alpha value is -2.77. The van der Waals surface area contributed by atoms with Gasteiger partial charge in [-0.1, -0.05) is 6.07 Å². The number of aryl methyl sites for hydroxylation is 1. The summed E-state index contributed by atoms with van der Waals surface area (Å²) in [6, 6.07) is 14.4. The van der Waals surface area contributed by atoms with Gasteiger partial charge in [0.05, 0.1) is 29.7 Å². The zero-order chi connectivity index (χ0) is 20.2. The lowest BCUT2D eigenvalue weighted by atomic mass is 10.0. The molecule has 3 aromatic heterocycles. The van der Waals surface area contributed by atoms with Gasteiger partial charge in [0.15, 0.2) is 5.11 Å². The lowest BCUT2D eigenvalue weighted by molar-refractivity contribution is 0.180. The Bertz CT molecular complexity index is 960. The number of ether oxygens (including phenoxy) is 1. The smallest absolute Gasteiger partial charge is 0.170 e. The Balaban J connectivity index is 1.79. The number of thiocarbonyl (C=S) groups is 1. The van der Waals surface area contributed by atoms with Crippen molar-refractivity contribution in [3.05, 3.63) is 78.1 Å². The highest BCUT2D eigenvalue weighted by atomic mass is 32.1. The van der Waals surface area contributed by atoms with E-state index in [1.165, 1.54) is 0 Å². The fourth-order valence-electron chi connectivity index (χ4n) is 3.98. The number of rotatable bonds is 7. The topological polar surface area (TPSA) is 55.2 Å². The molecule has 1 fully saturated rings. The monoisotopic (exact) mass is 407 g/mol. The van der Waals surface area contributed by atoms with Crippen LogP contribution in [0.25, 0.3) is 5.69 Å². The molecule has 0 aliphatic carbocycles. The highest BCUT2D eigenvalue weighted by Gasteiger charge is 2.41. The number of nitrogens with zero attached hydrogens (tertiary/aromatic N) is 4. The van der Waals surface area contributed by atoms with Gasteiger partial charge in [-0.3, -0.25) is 9.97 Å². The van der Waals surface area contributed by atoms with Crippen LogP contribution < -0.4 is 5.32 Å². The van der Waals surface area contributed by atoms with Crippen LogP contribution in [0.4, 0.5) is 0 Å². The largest absolute Gasteiger partial charge is 0.385 e. The Morgan fingerprint density at radius 3 is 2.76 bits per heavy atom. The molecule has 0 bridgehead atoms. The molecule has 4 rings (SSSR count). The van der Waals surface area contributed by atoms with Gasteiger partial charge < -0.3 is 19.5 Å². The standard InChI is InChI=1S/C22H25N5OS/c1-16-9-10-19(27(16)17-7-5-11-23-15-17)21-20(18-8-3-4-12-24-18)25-22(29)26(21)13-6-14-28-2/h3-5,7-12,15,20-21H,6,13-14H2,1-2H3,(H,25,29)/t20-,21+/m1/s1. The molecule has 0 radical (unpaired) electrons. The highest BCUT2D eigenvalue weighted by molar-refractivity contribution is 7.80. The van der Waals surface area contributed by atoms with Crippen LogP contribution in [0.5, 0.6) is 0 Å². The molecular weight excluding hydrogens is 382 g/mol. The molecule has 3 aromatic rings. The minimum Gasteiger partial charge on any atom is -0.385 e. The normalized spacial score (nSPS) is 18.8. The molecule has 0 saturated carbocycles. The fraction of sp³-hybridized carbons (Fsp3) is 0.318. The fourth-order valence-corrected chi connectivity index (χ4v) is 4.31. The number of hydrogen-bond acceptors (Lipinski definition) is 4. The van der Waals surface area contributed by atoms with Gasteiger partial charge in [0, 0.05) is 44.0 Å². The Labute approximate surface area is 176 Å². The zero-order valence-corrected chi connectivity index (χ0v) is 17.5. The quantitative estimate of drug-likeness (QED) is 0.477. The van der Waals surface area contributed by atoms with E-state index in [1.54, 1.807) is 13.3 Å². The Morgan fingerprint density at radius 2 is 2.03 bits per heavy atom. The second-order valence-electron chi connectivity index (χ2n) is 7.11. The minimum atomic E-state index is -0.0315. The number of methoxy groups -OCH3 is 1. The third-order valence-corrected chi connectivity index (χ3v) is 5.61. The maximum Gasteiger partial charge on any atom is 0.170 e. The lowest BCUT2D eigenvalue weighted by Crippen LogP contribution is -2.32. The van der Waals surface area contributed by atoms with Crippen LogP contribution in [0.15, 0.2) is 61.1 Å². The van der Waals surface area contributed by atoms with Gasteiger partial charge >= 0.3 is 0 Å². The predicted octanol–water partition coefficient (Wildman–Crippen LogP) is 3.58. The molecule has 6 nitrogen and oxygen atoms in total. The molecule has 1 aliphatic heterocycles. The van der Waals surface area contributed by atoms with Gasteiger partial charge in [-0.25, -0.2) is 0 Å². The summed E-state index contributed by atoms with van der Waals surface area (Å²) in [4.78, 5) is 11.2. The molecule has 1 aliphatic rings. The van der Waals surface area contributed by atoms with Gasteiger partial charge in [0.1, 0.15) is 0 Å². The third kappa shape index (κ3) is 3.88. The molecule has 150 valence electrons. The van der Waals surface area contributed by atoms with Crippen molar-refractivity contribution < 1.29 is 4.74 Å². The number of aromatic nitrogens is 3. The van der Waals surface area contributed by atoms with Gasteiger partial charge in [0.25, 0.3) is 0 Å². The molecule has 2 atom stereocenters. The van der Waals surface area contributed by atoms with Crippen molar-refractivity contribution >= 4 is 17.3 Å². The van der Waals surface area contributed by atoms with Gasteiger partial charge in [-0.05, 0) is 62.0 Å². The van der Waals surface area contributed by atoms with Crippen molar-refractivity contribution in [3.63, 3.8) is 0 Å². The molecule has 29 heavy (non-hydrogen) atoms. The predicted molar refractivity (Wildman–Crippen MR) is 117 cm³/mol. The third-order valence-electron chi connectivity index (χ3n) is 5.26. The summed E-state index contributed by atoms with van der Waals surface area (Å²) in [7, 11) is 1.73. The summed E-state index contributed by atoms with van der Waals surface area (Å²) in [6.45, 7) is 3.62. The van der Waals surface area contributed by atoms with Crippen LogP contribution in [0.1, 0.15) is 35.6 Å². The van der Waals surface area contributed by atoms with E-state index in [2.05, 4.69) is 55.9 Å². The van der Waals surface area contributed by atoms with Crippen molar-refractivity contribution in [2.24, 2.45) is 0 Å². The number of hydrogen-bond donors (Lipinski definition) is 1. The summed E-state index contributed by atoms with van der Waals surface area (Å²) in [6.07, 6.45) is 6.41. The van der Waals surface area contributed by atoms with Crippen LogP contribution >= 0.6 is 12.2 Å². The van der Waals surface area contributed by atoms with Crippen molar-refractivity contribution in [3.8, 4) is 5.69 Å². The van der Waals surface area contributed by atoms with E-state index in [-0.39, 0.29) is 12.1 Å². The summed E-state index contributed by atoms with van der Waals surface area (Å²) >= 11 is 5.74. The van der Waals surface area contributed by atoms with E-state index in [0.29, 0.717) is 6.61 Å². The highest BCUT2D eigenvalue weighted by Crippen LogP contribution is 2.40. The molecule has 7 heteroatoms.